The molecule has 30 heavy (non-hydrogen) atoms. The zero-order valence-corrected chi connectivity index (χ0v) is 17.9. The lowest BCUT2D eigenvalue weighted by atomic mass is 9.74. The molecule has 1 fully saturated rings. The Morgan fingerprint density at radius 2 is 1.80 bits per heavy atom. The number of piperidine rings is 1. The molecule has 0 atom stereocenters. The van der Waals surface area contributed by atoms with Gasteiger partial charge in [0, 0.05) is 36.3 Å². The quantitative estimate of drug-likeness (QED) is 0.684. The number of halogens is 1. The van der Waals surface area contributed by atoms with Crippen LogP contribution in [-0.2, 0) is 10.8 Å². The van der Waals surface area contributed by atoms with E-state index < -0.39 is 0 Å². The number of fused-ring (bicyclic) bond motifs is 2. The molecule has 2 heterocycles. The molecule has 4 nitrogen and oxygen atoms in total. The molecule has 0 aromatic heterocycles. The summed E-state index contributed by atoms with van der Waals surface area (Å²) < 4.78 is 14.1. The molecule has 1 spiro atoms. The summed E-state index contributed by atoms with van der Waals surface area (Å²) in [6.45, 7) is 8.99. The highest BCUT2D eigenvalue weighted by Crippen LogP contribution is 2.47. The molecule has 156 valence electrons. The third-order valence-electron chi connectivity index (χ3n) is 6.63. The van der Waals surface area contributed by atoms with Gasteiger partial charge in [0.15, 0.2) is 0 Å². The average Bonchev–Trinajstić information content (AvgIpc) is 3.02. The Morgan fingerprint density at radius 3 is 2.40 bits per heavy atom. The molecule has 1 saturated heterocycles. The minimum Gasteiger partial charge on any atom is -0.307 e. The van der Waals surface area contributed by atoms with E-state index in [0.717, 1.165) is 37.2 Å². The van der Waals surface area contributed by atoms with Crippen LogP contribution in [-0.4, -0.2) is 37.0 Å². The predicted molar refractivity (Wildman–Crippen MR) is 116 cm³/mol. The van der Waals surface area contributed by atoms with Crippen molar-refractivity contribution in [2.75, 3.05) is 31.1 Å². The van der Waals surface area contributed by atoms with Crippen molar-refractivity contribution < 1.29 is 9.18 Å². The molecule has 0 N–H and O–H groups in total. The molecular weight excluding hydrogens is 377 g/mol. The Hall–Kier alpha value is -2.71. The number of likely N-dealkylation sites (tertiary alicyclic amines) is 1. The predicted octanol–water partition coefficient (Wildman–Crippen LogP) is 4.64. The minimum atomic E-state index is -0.267. The number of nitriles is 1. The topological polar surface area (TPSA) is 47.3 Å². The van der Waals surface area contributed by atoms with Crippen LogP contribution < -0.4 is 4.90 Å². The monoisotopic (exact) mass is 405 g/mol. The van der Waals surface area contributed by atoms with Crippen LogP contribution in [0.15, 0.2) is 42.5 Å². The lowest BCUT2D eigenvalue weighted by Crippen LogP contribution is -2.46. The summed E-state index contributed by atoms with van der Waals surface area (Å²) in [6.07, 6.45) is 1.63. The van der Waals surface area contributed by atoms with Gasteiger partial charge in [-0.2, -0.15) is 5.26 Å². The van der Waals surface area contributed by atoms with E-state index in [1.165, 1.54) is 11.6 Å². The van der Waals surface area contributed by atoms with Gasteiger partial charge in [0.05, 0.1) is 12.6 Å². The molecule has 2 aliphatic heterocycles. The number of carbonyl (C=O) groups excluding carboxylic acids is 1. The van der Waals surface area contributed by atoms with Gasteiger partial charge in [-0.25, -0.2) is 4.39 Å². The van der Waals surface area contributed by atoms with Crippen molar-refractivity contribution in [1.29, 1.82) is 5.26 Å². The first-order valence-electron chi connectivity index (χ1n) is 10.6. The Kier molecular flexibility index (Phi) is 5.15. The Labute approximate surface area is 177 Å². The molecular formula is C25H28FN3O. The van der Waals surface area contributed by atoms with Gasteiger partial charge in [0.1, 0.15) is 5.82 Å². The summed E-state index contributed by atoms with van der Waals surface area (Å²) >= 11 is 0. The standard InChI is InChI=1S/C25H28FN3O/c1-24(2,3)19-6-4-18(5-7-19)23(30)29-17-25(10-13-28(14-11-25)15-12-27)21-16-20(26)8-9-22(21)29/h4-9,16H,10-11,13-15,17H2,1-3H3. The van der Waals surface area contributed by atoms with E-state index in [1.54, 1.807) is 12.1 Å². The molecule has 0 unspecified atom stereocenters. The lowest BCUT2D eigenvalue weighted by Gasteiger charge is -2.39. The normalized spacial score (nSPS) is 18.3. The Balaban J connectivity index is 1.64. The van der Waals surface area contributed by atoms with Crippen LogP contribution >= 0.6 is 0 Å². The zero-order valence-electron chi connectivity index (χ0n) is 17.9. The minimum absolute atomic E-state index is 0.0286. The number of nitrogens with zero attached hydrogens (tertiary/aromatic N) is 3. The maximum atomic E-state index is 14.1. The molecule has 2 aliphatic rings. The second kappa shape index (κ2) is 7.52. The van der Waals surface area contributed by atoms with Crippen molar-refractivity contribution in [2.24, 2.45) is 0 Å². The number of benzene rings is 2. The highest BCUT2D eigenvalue weighted by atomic mass is 19.1. The number of hydrogen-bond donors (Lipinski definition) is 0. The first-order valence-corrected chi connectivity index (χ1v) is 10.6. The van der Waals surface area contributed by atoms with Crippen LogP contribution in [0.5, 0.6) is 0 Å². The zero-order chi connectivity index (χ0) is 21.5. The molecule has 0 aliphatic carbocycles. The van der Waals surface area contributed by atoms with Crippen molar-refractivity contribution in [3.63, 3.8) is 0 Å². The fourth-order valence-electron chi connectivity index (χ4n) is 4.76. The largest absolute Gasteiger partial charge is 0.307 e. The third-order valence-corrected chi connectivity index (χ3v) is 6.63. The summed E-state index contributed by atoms with van der Waals surface area (Å²) in [6, 6.07) is 14.8. The van der Waals surface area contributed by atoms with Gasteiger partial charge in [0.2, 0.25) is 0 Å². The van der Waals surface area contributed by atoms with Crippen LogP contribution in [0.2, 0.25) is 0 Å². The van der Waals surface area contributed by atoms with Crippen LogP contribution in [0, 0.1) is 17.1 Å². The first-order chi connectivity index (χ1) is 14.2. The van der Waals surface area contributed by atoms with E-state index in [-0.39, 0.29) is 22.6 Å². The fourth-order valence-corrected chi connectivity index (χ4v) is 4.76. The number of amides is 1. The summed E-state index contributed by atoms with van der Waals surface area (Å²) in [5.74, 6) is -0.309. The van der Waals surface area contributed by atoms with Gasteiger partial charge in [0.25, 0.3) is 5.91 Å². The summed E-state index contributed by atoms with van der Waals surface area (Å²) in [5.41, 5.74) is 3.36. The molecule has 4 rings (SSSR count). The second-order valence-electron chi connectivity index (χ2n) is 9.59. The molecule has 1 amide bonds. The number of rotatable bonds is 2. The fraction of sp³-hybridized carbons (Fsp3) is 0.440. The van der Waals surface area contributed by atoms with Gasteiger partial charge in [-0.05, 0) is 59.7 Å². The van der Waals surface area contributed by atoms with Crippen molar-refractivity contribution in [1.82, 2.24) is 4.90 Å². The van der Waals surface area contributed by atoms with Crippen molar-refractivity contribution in [3.8, 4) is 6.07 Å². The molecule has 0 saturated carbocycles. The summed E-state index contributed by atoms with van der Waals surface area (Å²) in [5, 5.41) is 8.99. The average molecular weight is 406 g/mol. The highest BCUT2D eigenvalue weighted by molar-refractivity contribution is 6.07. The summed E-state index contributed by atoms with van der Waals surface area (Å²) in [7, 11) is 0. The van der Waals surface area contributed by atoms with E-state index in [9.17, 15) is 9.18 Å². The molecule has 0 radical (unpaired) electrons. The van der Waals surface area contributed by atoms with Gasteiger partial charge in [-0.15, -0.1) is 0 Å². The number of hydrogen-bond acceptors (Lipinski definition) is 3. The van der Waals surface area contributed by atoms with E-state index in [0.29, 0.717) is 18.7 Å². The van der Waals surface area contributed by atoms with E-state index in [4.69, 9.17) is 5.26 Å². The van der Waals surface area contributed by atoms with Crippen LogP contribution in [0.3, 0.4) is 0 Å². The molecule has 5 heteroatoms. The van der Waals surface area contributed by atoms with Crippen molar-refractivity contribution in [3.05, 3.63) is 65.0 Å². The Bertz CT molecular complexity index is 993. The highest BCUT2D eigenvalue weighted by Gasteiger charge is 2.46. The van der Waals surface area contributed by atoms with Crippen LogP contribution in [0.25, 0.3) is 0 Å². The van der Waals surface area contributed by atoms with Gasteiger partial charge >= 0.3 is 0 Å². The van der Waals surface area contributed by atoms with E-state index in [1.807, 2.05) is 29.2 Å². The van der Waals surface area contributed by atoms with Crippen LogP contribution in [0.4, 0.5) is 10.1 Å². The first kappa shape index (κ1) is 20.6. The number of carbonyl (C=O) groups is 1. The van der Waals surface area contributed by atoms with Crippen molar-refractivity contribution in [2.45, 2.75) is 44.4 Å². The number of anilines is 1. The molecule has 2 aromatic rings. The van der Waals surface area contributed by atoms with Gasteiger partial charge in [-0.1, -0.05) is 32.9 Å². The van der Waals surface area contributed by atoms with Crippen LogP contribution in [0.1, 0.15) is 55.1 Å². The summed E-state index contributed by atoms with van der Waals surface area (Å²) in [4.78, 5) is 17.4. The third kappa shape index (κ3) is 3.61. The maximum absolute atomic E-state index is 14.1. The van der Waals surface area contributed by atoms with Gasteiger partial charge < -0.3 is 4.90 Å². The second-order valence-corrected chi connectivity index (χ2v) is 9.59. The Morgan fingerprint density at radius 1 is 1.13 bits per heavy atom. The van der Waals surface area contributed by atoms with E-state index >= 15 is 0 Å². The van der Waals surface area contributed by atoms with Crippen molar-refractivity contribution >= 4 is 11.6 Å². The van der Waals surface area contributed by atoms with Gasteiger partial charge in [-0.3, -0.25) is 9.69 Å². The maximum Gasteiger partial charge on any atom is 0.258 e. The SMILES string of the molecule is CC(C)(C)c1ccc(C(=O)N2CC3(CCN(CC#N)CC3)c3cc(F)ccc32)cc1. The lowest BCUT2D eigenvalue weighted by molar-refractivity contribution is 0.0978. The molecule has 0 bridgehead atoms. The molecule has 2 aromatic carbocycles. The van der Waals surface area contributed by atoms with E-state index in [2.05, 4.69) is 31.7 Å². The smallest absolute Gasteiger partial charge is 0.258 e.